The number of rotatable bonds is 8. The highest BCUT2D eigenvalue weighted by Gasteiger charge is 2.30. The van der Waals surface area contributed by atoms with Gasteiger partial charge in [0.1, 0.15) is 0 Å². The van der Waals surface area contributed by atoms with Crippen LogP contribution in [-0.4, -0.2) is 36.8 Å². The maximum Gasteiger partial charge on any atom is 0.0464 e. The van der Waals surface area contributed by atoms with Crippen molar-refractivity contribution in [3.05, 3.63) is 70.0 Å². The van der Waals surface area contributed by atoms with E-state index in [0.29, 0.717) is 0 Å². The van der Waals surface area contributed by atoms with E-state index in [1.54, 1.807) is 0 Å². The minimum atomic E-state index is 0.748. The van der Waals surface area contributed by atoms with Gasteiger partial charge in [0.15, 0.2) is 0 Å². The lowest BCUT2D eigenvalue weighted by Crippen LogP contribution is -2.43. The van der Waals surface area contributed by atoms with Crippen LogP contribution in [0.5, 0.6) is 0 Å². The monoisotopic (exact) mass is 455 g/mol. The summed E-state index contributed by atoms with van der Waals surface area (Å²) in [5.74, 6) is 0.748. The van der Waals surface area contributed by atoms with Crippen molar-refractivity contribution in [2.45, 2.75) is 66.7 Å². The molecule has 0 spiro atoms. The predicted octanol–water partition coefficient (Wildman–Crippen LogP) is 7.20. The Hall–Kier alpha value is -1.84. The van der Waals surface area contributed by atoms with E-state index in [4.69, 9.17) is 16.6 Å². The molecular formula is C28H42ClN3. The highest BCUT2D eigenvalue weighted by Crippen LogP contribution is 2.41. The summed E-state index contributed by atoms with van der Waals surface area (Å²) in [5.41, 5.74) is 6.80. The number of nitrogens with one attached hydrogen (secondary N) is 1. The van der Waals surface area contributed by atoms with Crippen molar-refractivity contribution in [1.29, 1.82) is 0 Å². The van der Waals surface area contributed by atoms with E-state index in [0.717, 1.165) is 55.7 Å². The summed E-state index contributed by atoms with van der Waals surface area (Å²) in [6.45, 7) is 15.3. The average Bonchev–Trinajstić information content (AvgIpc) is 3.65. The smallest absolute Gasteiger partial charge is 0.0464 e. The lowest BCUT2D eigenvalue weighted by atomic mass is 9.95. The predicted molar refractivity (Wildman–Crippen MR) is 142 cm³/mol. The molecule has 0 bridgehead atoms. The number of piperazine rings is 1. The summed E-state index contributed by atoms with van der Waals surface area (Å²) in [4.78, 5) is 7.22. The second kappa shape index (κ2) is 14.3. The molecule has 1 aromatic carbocycles. The van der Waals surface area contributed by atoms with Crippen molar-refractivity contribution in [1.82, 2.24) is 10.2 Å². The van der Waals surface area contributed by atoms with Crippen LogP contribution in [0, 0.1) is 5.92 Å². The summed E-state index contributed by atoms with van der Waals surface area (Å²) in [5, 5.41) is 4.26. The Balaban J connectivity index is 0.000000303. The maximum absolute atomic E-state index is 5.71. The first kappa shape index (κ1) is 26.4. The van der Waals surface area contributed by atoms with Crippen molar-refractivity contribution in [3.63, 3.8) is 0 Å². The standard InChI is InChI=1S/C19H31N3.C9H11Cl/c1-5-7-10-21-15(3)19(18(6-2)17-8-9-17)16(4)22-13-11-20-12-14-22;1-2-3-8-4-6-9(10)7-5-8/h6-7,10,17,20H,5,8-9,11-14H2,1-4H3;4-7H,2-3H2,1H3/b10-7+,18-6-,19-16-,21-15+;. The zero-order chi connectivity index (χ0) is 23.3. The van der Waals surface area contributed by atoms with Gasteiger partial charge in [-0.05, 0) is 75.6 Å². The SMILES string of the molecule is CCCc1ccc(Cl)cc1.C\C=C(C(/C(C)=N/C=C/CC)=C(/C)N1CCNCC1)\C1CC1. The van der Waals surface area contributed by atoms with Crippen LogP contribution in [0.15, 0.2) is 64.5 Å². The van der Waals surface area contributed by atoms with E-state index >= 15 is 0 Å². The van der Waals surface area contributed by atoms with E-state index in [1.807, 2.05) is 18.3 Å². The largest absolute Gasteiger partial charge is 0.372 e. The molecule has 0 atom stereocenters. The van der Waals surface area contributed by atoms with Gasteiger partial charge < -0.3 is 10.2 Å². The summed E-state index contributed by atoms with van der Waals surface area (Å²) in [6.07, 6.45) is 12.4. The van der Waals surface area contributed by atoms with Crippen molar-refractivity contribution in [2.24, 2.45) is 10.9 Å². The number of aliphatic imine (C=N–C) groups is 1. The first-order valence-electron chi connectivity index (χ1n) is 12.3. The number of aryl methyl sites for hydroxylation is 1. The van der Waals surface area contributed by atoms with Gasteiger partial charge in [0.2, 0.25) is 0 Å². The van der Waals surface area contributed by atoms with Crippen LogP contribution in [0.1, 0.15) is 65.9 Å². The molecule has 1 saturated carbocycles. The van der Waals surface area contributed by atoms with Gasteiger partial charge in [-0.2, -0.15) is 0 Å². The van der Waals surface area contributed by atoms with Crippen molar-refractivity contribution >= 4 is 17.3 Å². The van der Waals surface area contributed by atoms with Crippen molar-refractivity contribution in [3.8, 4) is 0 Å². The number of halogens is 1. The number of benzene rings is 1. The van der Waals surface area contributed by atoms with Gasteiger partial charge in [-0.3, -0.25) is 4.99 Å². The normalized spacial score (nSPS) is 18.4. The summed E-state index contributed by atoms with van der Waals surface area (Å²) in [7, 11) is 0. The molecular weight excluding hydrogens is 414 g/mol. The molecule has 0 aromatic heterocycles. The molecule has 3 nitrogen and oxygen atoms in total. The van der Waals surface area contributed by atoms with Gasteiger partial charge in [-0.25, -0.2) is 0 Å². The third-order valence-corrected chi connectivity index (χ3v) is 6.25. The molecule has 2 fully saturated rings. The maximum atomic E-state index is 5.71. The topological polar surface area (TPSA) is 27.6 Å². The molecule has 32 heavy (non-hydrogen) atoms. The lowest BCUT2D eigenvalue weighted by Gasteiger charge is -2.32. The number of hydrogen-bond acceptors (Lipinski definition) is 3. The van der Waals surface area contributed by atoms with E-state index in [2.05, 4.69) is 69.1 Å². The summed E-state index contributed by atoms with van der Waals surface area (Å²) in [6, 6.07) is 8.02. The second-order valence-corrected chi connectivity index (χ2v) is 9.04. The van der Waals surface area contributed by atoms with Crippen LogP contribution in [0.4, 0.5) is 0 Å². The molecule has 2 aliphatic rings. The van der Waals surface area contributed by atoms with Gasteiger partial charge in [-0.15, -0.1) is 0 Å². The Morgan fingerprint density at radius 3 is 2.31 bits per heavy atom. The molecule has 1 aliphatic carbocycles. The molecule has 0 unspecified atom stereocenters. The Bertz CT molecular complexity index is 808. The zero-order valence-electron chi connectivity index (χ0n) is 20.8. The van der Waals surface area contributed by atoms with E-state index in [9.17, 15) is 0 Å². The van der Waals surface area contributed by atoms with E-state index in [1.165, 1.54) is 41.7 Å². The number of allylic oxidation sites excluding steroid dienone is 5. The molecule has 176 valence electrons. The quantitative estimate of drug-likeness (QED) is 0.331. The van der Waals surface area contributed by atoms with Crippen LogP contribution in [0.2, 0.25) is 5.02 Å². The average molecular weight is 456 g/mol. The van der Waals surface area contributed by atoms with E-state index < -0.39 is 0 Å². The van der Waals surface area contributed by atoms with Crippen LogP contribution in [0.3, 0.4) is 0 Å². The zero-order valence-corrected chi connectivity index (χ0v) is 21.5. The van der Waals surface area contributed by atoms with Gasteiger partial charge in [0.25, 0.3) is 0 Å². The fourth-order valence-electron chi connectivity index (χ4n) is 4.09. The minimum absolute atomic E-state index is 0.748. The van der Waals surface area contributed by atoms with Gasteiger partial charge in [0, 0.05) is 54.4 Å². The summed E-state index contributed by atoms with van der Waals surface area (Å²) < 4.78 is 0. The lowest BCUT2D eigenvalue weighted by molar-refractivity contribution is 0.298. The third-order valence-electron chi connectivity index (χ3n) is 5.99. The van der Waals surface area contributed by atoms with Crippen LogP contribution in [-0.2, 0) is 6.42 Å². The fourth-order valence-corrected chi connectivity index (χ4v) is 4.22. The Morgan fingerprint density at radius 1 is 1.12 bits per heavy atom. The molecule has 1 N–H and O–H groups in total. The van der Waals surface area contributed by atoms with Gasteiger partial charge in [0.05, 0.1) is 0 Å². The van der Waals surface area contributed by atoms with Gasteiger partial charge >= 0.3 is 0 Å². The van der Waals surface area contributed by atoms with Crippen molar-refractivity contribution < 1.29 is 0 Å². The van der Waals surface area contributed by atoms with Gasteiger partial charge in [-0.1, -0.05) is 56.2 Å². The fraction of sp³-hybridized carbons (Fsp3) is 0.536. The molecule has 3 rings (SSSR count). The Morgan fingerprint density at radius 2 is 1.78 bits per heavy atom. The minimum Gasteiger partial charge on any atom is -0.372 e. The number of nitrogens with zero attached hydrogens (tertiary/aromatic N) is 2. The second-order valence-electron chi connectivity index (χ2n) is 8.60. The molecule has 1 aromatic rings. The summed E-state index contributed by atoms with van der Waals surface area (Å²) >= 11 is 5.71. The molecule has 1 aliphatic heterocycles. The molecule has 0 amide bonds. The first-order chi connectivity index (χ1) is 15.5. The molecule has 0 radical (unpaired) electrons. The van der Waals surface area contributed by atoms with Crippen LogP contribution >= 0.6 is 11.6 Å². The third kappa shape index (κ3) is 8.60. The molecule has 1 heterocycles. The van der Waals surface area contributed by atoms with Crippen LogP contribution < -0.4 is 5.32 Å². The highest BCUT2D eigenvalue weighted by molar-refractivity contribution is 6.30. The molecule has 4 heteroatoms. The van der Waals surface area contributed by atoms with E-state index in [-0.39, 0.29) is 0 Å². The highest BCUT2D eigenvalue weighted by atomic mass is 35.5. The Kier molecular flexibility index (Phi) is 11.8. The number of hydrogen-bond donors (Lipinski definition) is 1. The van der Waals surface area contributed by atoms with Crippen LogP contribution in [0.25, 0.3) is 0 Å². The van der Waals surface area contributed by atoms with Crippen molar-refractivity contribution in [2.75, 3.05) is 26.2 Å². The Labute approximate surface area is 201 Å². The first-order valence-corrected chi connectivity index (χ1v) is 12.7. The molecule has 1 saturated heterocycles.